The molecular weight excluding hydrogens is 224 g/mol. The third-order valence-corrected chi connectivity index (χ3v) is 4.35. The first-order chi connectivity index (χ1) is 8.70. The van der Waals surface area contributed by atoms with Gasteiger partial charge in [-0.15, -0.1) is 0 Å². The molecule has 18 heavy (non-hydrogen) atoms. The lowest BCUT2D eigenvalue weighted by molar-refractivity contribution is -0.0247. The van der Waals surface area contributed by atoms with Crippen LogP contribution in [0.2, 0.25) is 0 Å². The number of hydrogen-bond acceptors (Lipinski definition) is 3. The fourth-order valence-electron chi connectivity index (χ4n) is 3.63. The zero-order valence-corrected chi connectivity index (χ0v) is 12.3. The molecule has 0 aromatic rings. The minimum Gasteiger partial charge on any atom is -0.380 e. The molecule has 2 fully saturated rings. The van der Waals surface area contributed by atoms with Crippen LogP contribution in [0.1, 0.15) is 40.0 Å². The van der Waals surface area contributed by atoms with Crippen LogP contribution in [0.25, 0.3) is 0 Å². The lowest BCUT2D eigenvalue weighted by Gasteiger charge is -2.45. The Morgan fingerprint density at radius 3 is 2.61 bits per heavy atom. The quantitative estimate of drug-likeness (QED) is 0.832. The molecule has 1 N–H and O–H groups in total. The molecule has 0 amide bonds. The van der Waals surface area contributed by atoms with Crippen molar-refractivity contribution in [3.8, 4) is 0 Å². The largest absolute Gasteiger partial charge is 0.380 e. The van der Waals surface area contributed by atoms with Crippen molar-refractivity contribution in [2.24, 2.45) is 11.8 Å². The van der Waals surface area contributed by atoms with Crippen LogP contribution in [-0.4, -0.2) is 49.8 Å². The summed E-state index contributed by atoms with van der Waals surface area (Å²) in [6.45, 7) is 12.5. The summed E-state index contributed by atoms with van der Waals surface area (Å²) in [6.07, 6.45) is 3.78. The molecule has 0 aromatic carbocycles. The number of nitrogens with one attached hydrogen (secondary N) is 1. The first-order valence-corrected chi connectivity index (χ1v) is 7.75. The molecule has 0 saturated carbocycles. The van der Waals surface area contributed by atoms with Crippen molar-refractivity contribution in [2.75, 3.05) is 32.8 Å². The smallest absolute Gasteiger partial charge is 0.0637 e. The molecule has 0 spiro atoms. The number of ether oxygens (including phenoxy) is 1. The minimum absolute atomic E-state index is 0.593. The Labute approximate surface area is 112 Å². The van der Waals surface area contributed by atoms with Crippen molar-refractivity contribution >= 4 is 0 Å². The average molecular weight is 254 g/mol. The second kappa shape index (κ2) is 6.88. The standard InChI is InChI=1S/C15H30N2O/c1-4-6-16-14-5-7-18-11-15(14)17-9-12(2)8-13(3)10-17/h12-16H,4-11H2,1-3H3. The maximum atomic E-state index is 5.73. The highest BCUT2D eigenvalue weighted by molar-refractivity contribution is 4.90. The summed E-state index contributed by atoms with van der Waals surface area (Å²) < 4.78 is 5.73. The van der Waals surface area contributed by atoms with Crippen LogP contribution in [0.15, 0.2) is 0 Å². The molecule has 0 aliphatic carbocycles. The van der Waals surface area contributed by atoms with E-state index in [1.807, 2.05) is 0 Å². The number of likely N-dealkylation sites (tertiary alicyclic amines) is 1. The molecule has 4 unspecified atom stereocenters. The molecule has 106 valence electrons. The Morgan fingerprint density at radius 1 is 1.22 bits per heavy atom. The van der Waals surface area contributed by atoms with E-state index in [0.29, 0.717) is 12.1 Å². The van der Waals surface area contributed by atoms with Gasteiger partial charge in [0, 0.05) is 31.8 Å². The lowest BCUT2D eigenvalue weighted by Crippen LogP contribution is -2.58. The van der Waals surface area contributed by atoms with Crippen LogP contribution >= 0.6 is 0 Å². The number of hydrogen-bond donors (Lipinski definition) is 1. The van der Waals surface area contributed by atoms with E-state index in [4.69, 9.17) is 4.74 Å². The zero-order chi connectivity index (χ0) is 13.0. The van der Waals surface area contributed by atoms with Crippen LogP contribution < -0.4 is 5.32 Å². The van der Waals surface area contributed by atoms with Crippen molar-refractivity contribution in [3.05, 3.63) is 0 Å². The van der Waals surface area contributed by atoms with E-state index in [2.05, 4.69) is 31.0 Å². The fraction of sp³-hybridized carbons (Fsp3) is 1.00. The summed E-state index contributed by atoms with van der Waals surface area (Å²) in [5.74, 6) is 1.67. The van der Waals surface area contributed by atoms with E-state index in [-0.39, 0.29) is 0 Å². The van der Waals surface area contributed by atoms with Gasteiger partial charge in [0.05, 0.1) is 6.61 Å². The molecule has 3 nitrogen and oxygen atoms in total. The Hall–Kier alpha value is -0.120. The van der Waals surface area contributed by atoms with E-state index < -0.39 is 0 Å². The van der Waals surface area contributed by atoms with Gasteiger partial charge in [0.1, 0.15) is 0 Å². The van der Waals surface area contributed by atoms with Crippen LogP contribution in [0.3, 0.4) is 0 Å². The van der Waals surface area contributed by atoms with E-state index in [9.17, 15) is 0 Å². The first-order valence-electron chi connectivity index (χ1n) is 7.75. The van der Waals surface area contributed by atoms with E-state index in [0.717, 1.165) is 31.6 Å². The fourth-order valence-corrected chi connectivity index (χ4v) is 3.63. The summed E-state index contributed by atoms with van der Waals surface area (Å²) in [7, 11) is 0. The van der Waals surface area contributed by atoms with Gasteiger partial charge in [-0.05, 0) is 37.6 Å². The molecule has 4 atom stereocenters. The van der Waals surface area contributed by atoms with Crippen molar-refractivity contribution in [1.29, 1.82) is 0 Å². The van der Waals surface area contributed by atoms with Gasteiger partial charge in [0.15, 0.2) is 0 Å². The maximum absolute atomic E-state index is 5.73. The molecule has 2 saturated heterocycles. The van der Waals surface area contributed by atoms with Crippen molar-refractivity contribution in [3.63, 3.8) is 0 Å². The topological polar surface area (TPSA) is 24.5 Å². The SMILES string of the molecule is CCCNC1CCOCC1N1CC(C)CC(C)C1. The van der Waals surface area contributed by atoms with Crippen molar-refractivity contribution in [1.82, 2.24) is 10.2 Å². The minimum atomic E-state index is 0.593. The van der Waals surface area contributed by atoms with Crippen molar-refractivity contribution in [2.45, 2.75) is 52.1 Å². The van der Waals surface area contributed by atoms with Gasteiger partial charge < -0.3 is 10.1 Å². The third kappa shape index (κ3) is 3.69. The summed E-state index contributed by atoms with van der Waals surface area (Å²) in [4.78, 5) is 2.69. The summed E-state index contributed by atoms with van der Waals surface area (Å²) >= 11 is 0. The summed E-state index contributed by atoms with van der Waals surface area (Å²) in [6, 6.07) is 1.23. The Bertz CT molecular complexity index is 237. The normalized spacial score (nSPS) is 38.8. The molecule has 2 rings (SSSR count). The van der Waals surface area contributed by atoms with E-state index in [1.54, 1.807) is 0 Å². The molecule has 2 aliphatic rings. The van der Waals surface area contributed by atoms with Gasteiger partial charge in [0.2, 0.25) is 0 Å². The van der Waals surface area contributed by atoms with E-state index >= 15 is 0 Å². The predicted molar refractivity (Wildman–Crippen MR) is 75.8 cm³/mol. The summed E-state index contributed by atoms with van der Waals surface area (Å²) in [5, 5.41) is 3.73. The summed E-state index contributed by atoms with van der Waals surface area (Å²) in [5.41, 5.74) is 0. The third-order valence-electron chi connectivity index (χ3n) is 4.35. The molecule has 0 radical (unpaired) electrons. The lowest BCUT2D eigenvalue weighted by atomic mass is 9.89. The van der Waals surface area contributed by atoms with Gasteiger partial charge in [-0.3, -0.25) is 4.90 Å². The Morgan fingerprint density at radius 2 is 1.94 bits per heavy atom. The van der Waals surface area contributed by atoms with Gasteiger partial charge in [-0.2, -0.15) is 0 Å². The van der Waals surface area contributed by atoms with E-state index in [1.165, 1.54) is 32.4 Å². The van der Waals surface area contributed by atoms with Crippen LogP contribution in [0.5, 0.6) is 0 Å². The molecule has 2 heterocycles. The van der Waals surface area contributed by atoms with Crippen LogP contribution in [0.4, 0.5) is 0 Å². The molecule has 0 aromatic heterocycles. The molecule has 2 aliphatic heterocycles. The monoisotopic (exact) mass is 254 g/mol. The highest BCUT2D eigenvalue weighted by Crippen LogP contribution is 2.25. The Balaban J connectivity index is 1.94. The predicted octanol–water partition coefficient (Wildman–Crippen LogP) is 2.12. The zero-order valence-electron chi connectivity index (χ0n) is 12.3. The number of rotatable bonds is 4. The molecule has 3 heteroatoms. The first kappa shape index (κ1) is 14.3. The van der Waals surface area contributed by atoms with Gasteiger partial charge in [-0.1, -0.05) is 20.8 Å². The van der Waals surface area contributed by atoms with Crippen LogP contribution in [-0.2, 0) is 4.74 Å². The highest BCUT2D eigenvalue weighted by atomic mass is 16.5. The molecule has 0 bridgehead atoms. The maximum Gasteiger partial charge on any atom is 0.0637 e. The number of piperidine rings is 1. The number of nitrogens with zero attached hydrogens (tertiary/aromatic N) is 1. The average Bonchev–Trinajstić information content (AvgIpc) is 2.35. The second-order valence-corrected chi connectivity index (χ2v) is 6.39. The van der Waals surface area contributed by atoms with Gasteiger partial charge in [0.25, 0.3) is 0 Å². The van der Waals surface area contributed by atoms with Crippen molar-refractivity contribution < 1.29 is 4.74 Å². The van der Waals surface area contributed by atoms with Gasteiger partial charge >= 0.3 is 0 Å². The molecular formula is C15H30N2O. The Kier molecular flexibility index (Phi) is 5.46. The van der Waals surface area contributed by atoms with Gasteiger partial charge in [-0.25, -0.2) is 0 Å². The van der Waals surface area contributed by atoms with Crippen LogP contribution in [0, 0.1) is 11.8 Å². The second-order valence-electron chi connectivity index (χ2n) is 6.39. The highest BCUT2D eigenvalue weighted by Gasteiger charge is 2.34.